The molecule has 0 radical (unpaired) electrons. The molecule has 2 unspecified atom stereocenters. The first-order chi connectivity index (χ1) is 10.6. The van der Waals surface area contributed by atoms with Crippen LogP contribution in [-0.4, -0.2) is 73.1 Å². The quantitative estimate of drug-likeness (QED) is 0.571. The highest BCUT2D eigenvalue weighted by Gasteiger charge is 2.32. The average Bonchev–Trinajstić information content (AvgIpc) is 2.55. The summed E-state index contributed by atoms with van der Waals surface area (Å²) in [5, 5.41) is 3.08. The predicted octanol–water partition coefficient (Wildman–Crippen LogP) is 0.812. The van der Waals surface area contributed by atoms with Crippen LogP contribution in [-0.2, 0) is 14.3 Å². The highest BCUT2D eigenvalue weighted by Crippen LogP contribution is 2.18. The summed E-state index contributed by atoms with van der Waals surface area (Å²) in [5.74, 6) is 0.164. The van der Waals surface area contributed by atoms with Crippen LogP contribution in [0.15, 0.2) is 12.7 Å². The van der Waals surface area contributed by atoms with Crippen molar-refractivity contribution in [2.45, 2.75) is 38.3 Å². The molecule has 2 rings (SSSR count). The van der Waals surface area contributed by atoms with E-state index in [1.807, 2.05) is 9.80 Å². The Morgan fingerprint density at radius 2 is 2.30 bits per heavy atom. The number of rotatable bonds is 6. The molecule has 2 atom stereocenters. The number of likely N-dealkylation sites (tertiary alicyclic amines) is 1. The molecule has 2 aliphatic heterocycles. The normalized spacial score (nSPS) is 23.2. The summed E-state index contributed by atoms with van der Waals surface area (Å²) in [5.41, 5.74) is 0. The van der Waals surface area contributed by atoms with E-state index in [2.05, 4.69) is 11.9 Å². The fourth-order valence-corrected chi connectivity index (χ4v) is 3.07. The highest BCUT2D eigenvalue weighted by atomic mass is 35.5. The Labute approximate surface area is 144 Å². The zero-order chi connectivity index (χ0) is 15.9. The third kappa shape index (κ3) is 5.48. The topological polar surface area (TPSA) is 61.9 Å². The third-order valence-electron chi connectivity index (χ3n) is 4.31. The first-order valence-corrected chi connectivity index (χ1v) is 8.15. The van der Waals surface area contributed by atoms with Gasteiger partial charge in [-0.1, -0.05) is 6.08 Å². The fourth-order valence-electron chi connectivity index (χ4n) is 3.07. The predicted molar refractivity (Wildman–Crippen MR) is 91.7 cm³/mol. The Kier molecular flexibility index (Phi) is 8.58. The van der Waals surface area contributed by atoms with Gasteiger partial charge >= 0.3 is 0 Å². The van der Waals surface area contributed by atoms with Crippen molar-refractivity contribution in [1.82, 2.24) is 15.1 Å². The summed E-state index contributed by atoms with van der Waals surface area (Å²) in [6.45, 7) is 9.31. The van der Waals surface area contributed by atoms with Crippen LogP contribution >= 0.6 is 12.4 Å². The smallest absolute Gasteiger partial charge is 0.251 e. The monoisotopic (exact) mass is 345 g/mol. The number of piperidine rings is 1. The number of hydrogen-bond acceptors (Lipinski definition) is 4. The van der Waals surface area contributed by atoms with Crippen molar-refractivity contribution < 1.29 is 14.3 Å². The molecule has 2 fully saturated rings. The fraction of sp³-hybridized carbons (Fsp3) is 0.750. The Balaban J connectivity index is 0.00000264. The van der Waals surface area contributed by atoms with Crippen LogP contribution in [0.2, 0.25) is 0 Å². The maximum absolute atomic E-state index is 12.5. The molecular formula is C16H28ClN3O3. The molecule has 0 aromatic heterocycles. The van der Waals surface area contributed by atoms with Gasteiger partial charge in [0.05, 0.1) is 13.2 Å². The first-order valence-electron chi connectivity index (χ1n) is 8.15. The molecule has 132 valence electrons. The Morgan fingerprint density at radius 1 is 1.52 bits per heavy atom. The lowest BCUT2D eigenvalue weighted by molar-refractivity contribution is -0.147. The van der Waals surface area contributed by atoms with Gasteiger partial charge in [-0.05, 0) is 26.2 Å². The number of halogens is 1. The molecule has 7 heteroatoms. The van der Waals surface area contributed by atoms with E-state index < -0.39 is 6.10 Å². The molecule has 0 aromatic rings. The molecule has 0 aromatic carbocycles. The van der Waals surface area contributed by atoms with Crippen molar-refractivity contribution in [1.29, 1.82) is 0 Å². The molecule has 0 aliphatic carbocycles. The van der Waals surface area contributed by atoms with Gasteiger partial charge in [0.1, 0.15) is 6.10 Å². The van der Waals surface area contributed by atoms with Gasteiger partial charge in [-0.15, -0.1) is 19.0 Å². The molecule has 2 amide bonds. The van der Waals surface area contributed by atoms with E-state index in [1.165, 1.54) is 0 Å². The molecule has 0 saturated carbocycles. The Morgan fingerprint density at radius 3 is 3.00 bits per heavy atom. The minimum atomic E-state index is -0.433. The second-order valence-corrected chi connectivity index (χ2v) is 5.93. The van der Waals surface area contributed by atoms with E-state index in [4.69, 9.17) is 4.74 Å². The number of ether oxygens (including phenoxy) is 1. The van der Waals surface area contributed by atoms with E-state index >= 15 is 0 Å². The minimum absolute atomic E-state index is 0. The van der Waals surface area contributed by atoms with Crippen LogP contribution in [0.4, 0.5) is 0 Å². The van der Waals surface area contributed by atoms with E-state index in [9.17, 15) is 9.59 Å². The van der Waals surface area contributed by atoms with Crippen molar-refractivity contribution >= 4 is 24.2 Å². The molecule has 6 nitrogen and oxygen atoms in total. The highest BCUT2D eigenvalue weighted by molar-refractivity contribution is 5.85. The number of nitrogens with one attached hydrogen (secondary N) is 1. The van der Waals surface area contributed by atoms with Gasteiger partial charge in [-0.25, -0.2) is 0 Å². The van der Waals surface area contributed by atoms with E-state index in [-0.39, 0.29) is 30.3 Å². The molecule has 2 heterocycles. The summed E-state index contributed by atoms with van der Waals surface area (Å²) in [6.07, 6.45) is 4.01. The number of carbonyl (C=O) groups excluding carboxylic acids is 2. The number of amides is 2. The van der Waals surface area contributed by atoms with Gasteiger partial charge in [0.25, 0.3) is 5.91 Å². The number of nitrogens with zero attached hydrogens (tertiary/aromatic N) is 2. The lowest BCUT2D eigenvalue weighted by Crippen LogP contribution is -2.58. The van der Waals surface area contributed by atoms with E-state index in [0.29, 0.717) is 19.7 Å². The molecule has 23 heavy (non-hydrogen) atoms. The summed E-state index contributed by atoms with van der Waals surface area (Å²) in [7, 11) is 0. The average molecular weight is 346 g/mol. The molecule has 2 aliphatic rings. The van der Waals surface area contributed by atoms with Crippen molar-refractivity contribution in [3.8, 4) is 0 Å². The van der Waals surface area contributed by atoms with Gasteiger partial charge in [0.15, 0.2) is 0 Å². The summed E-state index contributed by atoms with van der Waals surface area (Å²) in [4.78, 5) is 28.2. The second kappa shape index (κ2) is 9.90. The largest absolute Gasteiger partial charge is 0.368 e. The summed E-state index contributed by atoms with van der Waals surface area (Å²) in [6, 6.07) is 0.146. The SMILES string of the molecule is C=CCCOC(C)C(=O)N1CCCC(N2CCNCC2=O)C1.Cl. The first kappa shape index (κ1) is 19.9. The van der Waals surface area contributed by atoms with Crippen molar-refractivity contribution in [3.63, 3.8) is 0 Å². The number of hydrogen-bond donors (Lipinski definition) is 1. The Bertz CT molecular complexity index is 419. The van der Waals surface area contributed by atoms with Gasteiger partial charge in [0, 0.05) is 32.2 Å². The van der Waals surface area contributed by atoms with Gasteiger partial charge in [0.2, 0.25) is 5.91 Å². The van der Waals surface area contributed by atoms with Crippen molar-refractivity contribution in [2.24, 2.45) is 0 Å². The van der Waals surface area contributed by atoms with Gasteiger partial charge < -0.3 is 19.9 Å². The molecule has 0 bridgehead atoms. The van der Waals surface area contributed by atoms with Crippen LogP contribution in [0, 0.1) is 0 Å². The lowest BCUT2D eigenvalue weighted by atomic mass is 10.0. The standard InChI is InChI=1S/C16H27N3O3.ClH/c1-3-4-10-22-13(2)16(21)18-8-5-6-14(12-18)19-9-7-17-11-15(19)20;/h3,13-14,17H,1,4-12H2,2H3;1H. The number of piperazine rings is 1. The van der Waals surface area contributed by atoms with Crippen molar-refractivity contribution in [3.05, 3.63) is 12.7 Å². The zero-order valence-corrected chi connectivity index (χ0v) is 14.6. The molecular weight excluding hydrogens is 318 g/mol. The second-order valence-electron chi connectivity index (χ2n) is 5.93. The lowest BCUT2D eigenvalue weighted by Gasteiger charge is -2.41. The maximum atomic E-state index is 12.5. The molecule has 2 saturated heterocycles. The number of carbonyl (C=O) groups is 2. The maximum Gasteiger partial charge on any atom is 0.251 e. The van der Waals surface area contributed by atoms with Gasteiger partial charge in [-0.2, -0.15) is 0 Å². The van der Waals surface area contributed by atoms with Crippen molar-refractivity contribution in [2.75, 3.05) is 39.3 Å². The Hall–Kier alpha value is -1.11. The van der Waals surface area contributed by atoms with Crippen LogP contribution < -0.4 is 5.32 Å². The van der Waals surface area contributed by atoms with Crippen LogP contribution in [0.1, 0.15) is 26.2 Å². The zero-order valence-electron chi connectivity index (χ0n) is 13.8. The van der Waals surface area contributed by atoms with Crippen LogP contribution in [0.3, 0.4) is 0 Å². The van der Waals surface area contributed by atoms with Crippen LogP contribution in [0.25, 0.3) is 0 Å². The van der Waals surface area contributed by atoms with E-state index in [1.54, 1.807) is 13.0 Å². The molecule has 0 spiro atoms. The summed E-state index contributed by atoms with van der Waals surface area (Å²) < 4.78 is 5.55. The molecule has 1 N–H and O–H groups in total. The third-order valence-corrected chi connectivity index (χ3v) is 4.31. The minimum Gasteiger partial charge on any atom is -0.368 e. The van der Waals surface area contributed by atoms with E-state index in [0.717, 1.165) is 38.9 Å². The van der Waals surface area contributed by atoms with Crippen LogP contribution in [0.5, 0.6) is 0 Å². The summed E-state index contributed by atoms with van der Waals surface area (Å²) >= 11 is 0. The van der Waals surface area contributed by atoms with Gasteiger partial charge in [-0.3, -0.25) is 9.59 Å².